The summed E-state index contributed by atoms with van der Waals surface area (Å²) in [6.07, 6.45) is 5.68. The fraction of sp³-hybridized carbons (Fsp3) is 0.333. The second kappa shape index (κ2) is 14.5. The van der Waals surface area contributed by atoms with Gasteiger partial charge in [-0.25, -0.2) is 0 Å². The van der Waals surface area contributed by atoms with Crippen LogP contribution in [0.2, 0.25) is 0 Å². The molecule has 3 aliphatic carbocycles. The fourth-order valence-corrected chi connectivity index (χ4v) is 10.8. The Balaban J connectivity index is 1.14. The first-order valence-corrected chi connectivity index (χ1v) is 20.0. The van der Waals surface area contributed by atoms with Crippen molar-refractivity contribution in [1.29, 1.82) is 0 Å². The number of nitrogens with zero attached hydrogens (tertiary/aromatic N) is 2. The third-order valence-corrected chi connectivity index (χ3v) is 13.2. The second-order valence-corrected chi connectivity index (χ2v) is 16.0. The summed E-state index contributed by atoms with van der Waals surface area (Å²) in [5, 5.41) is 10.8. The number of phenols is 1. The molecule has 0 unspecified atom stereocenters. The van der Waals surface area contributed by atoms with E-state index in [1.165, 1.54) is 11.6 Å². The average molecular weight is 747 g/mol. The Hall–Kier alpha value is -5.60. The van der Waals surface area contributed by atoms with E-state index in [-0.39, 0.29) is 47.3 Å². The van der Waals surface area contributed by atoms with Gasteiger partial charge in [0.2, 0.25) is 11.8 Å². The van der Waals surface area contributed by atoms with E-state index in [4.69, 9.17) is 4.74 Å². The first-order chi connectivity index (χ1) is 27.3. The minimum Gasteiger partial charge on any atom is -0.504 e. The number of carbonyl (C=O) groups is 4. The number of carbonyl (C=O) groups excluding carboxylic acids is 4. The van der Waals surface area contributed by atoms with Crippen molar-refractivity contribution in [3.63, 3.8) is 0 Å². The van der Waals surface area contributed by atoms with Crippen LogP contribution in [0.3, 0.4) is 0 Å². The number of phenolic OH excluding ortho intramolecular Hbond substituents is 1. The number of allylic oxidation sites excluding steroid dienone is 4. The summed E-state index contributed by atoms with van der Waals surface area (Å²) in [6.45, 7) is 4.57. The van der Waals surface area contributed by atoms with Gasteiger partial charge >= 0.3 is 0 Å². The molecule has 0 bridgehead atoms. The van der Waals surface area contributed by atoms with Crippen molar-refractivity contribution in [3.8, 4) is 11.5 Å². The first kappa shape index (κ1) is 36.1. The Morgan fingerprint density at radius 1 is 0.804 bits per heavy atom. The molecule has 2 amide bonds. The number of piperidine rings is 1. The van der Waals surface area contributed by atoms with Crippen molar-refractivity contribution >= 4 is 29.0 Å². The molecule has 0 radical (unpaired) electrons. The van der Waals surface area contributed by atoms with Crippen LogP contribution in [0.15, 0.2) is 127 Å². The van der Waals surface area contributed by atoms with Crippen LogP contribution in [0.25, 0.3) is 5.57 Å². The molecule has 8 heteroatoms. The van der Waals surface area contributed by atoms with E-state index in [1.807, 2.05) is 91.9 Å². The van der Waals surface area contributed by atoms with Crippen molar-refractivity contribution in [1.82, 2.24) is 9.80 Å². The van der Waals surface area contributed by atoms with Crippen LogP contribution in [-0.2, 0) is 31.1 Å². The third kappa shape index (κ3) is 5.76. The summed E-state index contributed by atoms with van der Waals surface area (Å²) in [5.74, 6) is -3.45. The largest absolute Gasteiger partial charge is 0.504 e. The minimum atomic E-state index is -1.34. The molecule has 3 fully saturated rings. The number of fused-ring (bicyclic) bond motifs is 4. The molecule has 6 atom stereocenters. The molecule has 2 aliphatic heterocycles. The van der Waals surface area contributed by atoms with Crippen molar-refractivity contribution in [2.45, 2.75) is 56.5 Å². The molecule has 0 aromatic heterocycles. The average Bonchev–Trinajstić information content (AvgIpc) is 3.49. The minimum absolute atomic E-state index is 0.0229. The standard InChI is InChI=1S/C48H46N2O6/c1-2-56-41-26-32(18-21-40(41)51)44-35-19-20-36-43(47(55)50(46(36)54)34-22-24-49(25-23-34)29-30-12-6-3-7-13-30)38(35)27-39-45(53)37(31-14-8-4-9-15-31)28-42(52)48(39,44)33-16-10-5-11-17-33/h3-19,21,26,28,34,36,38-39,43-44,51H,2,20,22-25,27,29H2,1H3/t36-,38+,39-,43-,44-,48-/m0/s1. The number of rotatable bonds is 8. The molecule has 56 heavy (non-hydrogen) atoms. The Morgan fingerprint density at radius 3 is 2.18 bits per heavy atom. The SMILES string of the molecule is CCOc1cc([C@H]2C3=CC[C@@H]4C(=O)N(C5CCN(Cc6ccccc6)CC5)C(=O)[C@@H]4[C@@H]3C[C@H]3C(=O)C(c4ccccc4)=CC(=O)[C@@]23c2ccccc2)ccc1O. The molecular formula is C48H46N2O6. The molecule has 2 saturated heterocycles. The van der Waals surface area contributed by atoms with Gasteiger partial charge in [-0.15, -0.1) is 0 Å². The molecule has 1 saturated carbocycles. The topological polar surface area (TPSA) is 104 Å². The Labute approximate surface area is 327 Å². The molecule has 4 aromatic rings. The number of imide groups is 1. The maximum atomic E-state index is 15.3. The lowest BCUT2D eigenvalue weighted by Gasteiger charge is -2.55. The van der Waals surface area contributed by atoms with Gasteiger partial charge in [-0.3, -0.25) is 29.0 Å². The van der Waals surface area contributed by atoms with E-state index in [2.05, 4.69) is 23.1 Å². The lowest BCUT2D eigenvalue weighted by Crippen LogP contribution is -2.58. The molecule has 1 N–H and O–H groups in total. The number of aromatic hydroxyl groups is 1. The van der Waals surface area contributed by atoms with Gasteiger partial charge in [0.1, 0.15) is 0 Å². The van der Waals surface area contributed by atoms with Crippen LogP contribution >= 0.6 is 0 Å². The smallest absolute Gasteiger partial charge is 0.233 e. The molecule has 9 rings (SSSR count). The molecular weight excluding hydrogens is 701 g/mol. The zero-order valence-electron chi connectivity index (χ0n) is 31.6. The maximum absolute atomic E-state index is 15.3. The Bertz CT molecular complexity index is 2240. The van der Waals surface area contributed by atoms with Crippen molar-refractivity contribution < 1.29 is 29.0 Å². The molecule has 8 nitrogen and oxygen atoms in total. The molecule has 0 spiro atoms. The van der Waals surface area contributed by atoms with Crippen molar-refractivity contribution in [3.05, 3.63) is 149 Å². The monoisotopic (exact) mass is 746 g/mol. The van der Waals surface area contributed by atoms with E-state index >= 15 is 9.59 Å². The second-order valence-electron chi connectivity index (χ2n) is 16.0. The fourth-order valence-electron chi connectivity index (χ4n) is 10.8. The van der Waals surface area contributed by atoms with Crippen molar-refractivity contribution in [2.24, 2.45) is 23.7 Å². The third-order valence-electron chi connectivity index (χ3n) is 13.2. The van der Waals surface area contributed by atoms with Crippen LogP contribution < -0.4 is 4.74 Å². The highest BCUT2D eigenvalue weighted by Crippen LogP contribution is 2.64. The first-order valence-electron chi connectivity index (χ1n) is 20.0. The number of amides is 2. The van der Waals surface area contributed by atoms with Gasteiger partial charge in [0.05, 0.1) is 23.9 Å². The number of hydrogen-bond acceptors (Lipinski definition) is 7. The number of ketones is 2. The van der Waals surface area contributed by atoms with E-state index in [0.29, 0.717) is 42.6 Å². The lowest BCUT2D eigenvalue weighted by molar-refractivity contribution is -0.144. The zero-order valence-corrected chi connectivity index (χ0v) is 31.6. The number of benzene rings is 4. The zero-order chi connectivity index (χ0) is 38.6. The van der Waals surface area contributed by atoms with Gasteiger partial charge < -0.3 is 9.84 Å². The Kier molecular flexibility index (Phi) is 9.32. The highest BCUT2D eigenvalue weighted by atomic mass is 16.5. The van der Waals surface area contributed by atoms with Crippen LogP contribution in [-0.4, -0.2) is 64.0 Å². The predicted molar refractivity (Wildman–Crippen MR) is 212 cm³/mol. The highest BCUT2D eigenvalue weighted by molar-refractivity contribution is 6.31. The number of ether oxygens (including phenoxy) is 1. The molecule has 4 aromatic carbocycles. The van der Waals surface area contributed by atoms with E-state index in [9.17, 15) is 14.7 Å². The Morgan fingerprint density at radius 2 is 1.48 bits per heavy atom. The summed E-state index contributed by atoms with van der Waals surface area (Å²) >= 11 is 0. The lowest BCUT2D eigenvalue weighted by atomic mass is 9.44. The molecule has 284 valence electrons. The normalized spacial score (nSPS) is 27.9. The van der Waals surface area contributed by atoms with Gasteiger partial charge in [0.25, 0.3) is 0 Å². The summed E-state index contributed by atoms with van der Waals surface area (Å²) < 4.78 is 5.88. The molecule has 5 aliphatic rings. The summed E-state index contributed by atoms with van der Waals surface area (Å²) in [4.78, 5) is 63.8. The number of Topliss-reactive ketones (excluding diaryl/α,β-unsaturated/α-hetero) is 1. The van der Waals surface area contributed by atoms with E-state index in [1.54, 1.807) is 17.0 Å². The van der Waals surface area contributed by atoms with E-state index in [0.717, 1.165) is 30.8 Å². The van der Waals surface area contributed by atoms with Crippen molar-refractivity contribution in [2.75, 3.05) is 19.7 Å². The van der Waals surface area contributed by atoms with Gasteiger partial charge in [0, 0.05) is 43.1 Å². The number of likely N-dealkylation sites (tertiary alicyclic amines) is 2. The quantitative estimate of drug-likeness (QED) is 0.149. The van der Waals surface area contributed by atoms with Crippen LogP contribution in [0, 0.1) is 23.7 Å². The number of hydrogen-bond donors (Lipinski definition) is 1. The van der Waals surface area contributed by atoms with Crippen LogP contribution in [0.5, 0.6) is 11.5 Å². The summed E-state index contributed by atoms with van der Waals surface area (Å²) in [5.41, 5.74) is 3.27. The van der Waals surface area contributed by atoms with Crippen LogP contribution in [0.1, 0.15) is 60.8 Å². The van der Waals surface area contributed by atoms with Crippen LogP contribution in [0.4, 0.5) is 0 Å². The maximum Gasteiger partial charge on any atom is 0.233 e. The predicted octanol–water partition coefficient (Wildman–Crippen LogP) is 7.28. The van der Waals surface area contributed by atoms with Gasteiger partial charge in [-0.2, -0.15) is 0 Å². The van der Waals surface area contributed by atoms with Gasteiger partial charge in [-0.1, -0.05) is 109 Å². The van der Waals surface area contributed by atoms with Gasteiger partial charge in [0.15, 0.2) is 23.1 Å². The summed E-state index contributed by atoms with van der Waals surface area (Å²) in [7, 11) is 0. The molecule has 2 heterocycles. The summed E-state index contributed by atoms with van der Waals surface area (Å²) in [6, 6.07) is 34.2. The highest BCUT2D eigenvalue weighted by Gasteiger charge is 2.66. The van der Waals surface area contributed by atoms with E-state index < -0.39 is 35.0 Å². The van der Waals surface area contributed by atoms with Gasteiger partial charge in [-0.05, 0) is 79.0 Å².